The van der Waals surface area contributed by atoms with Gasteiger partial charge in [0.2, 0.25) is 11.8 Å². The number of piperidine rings is 2. The monoisotopic (exact) mass is 681 g/mol. The molecule has 8 nitrogen and oxygen atoms in total. The second-order valence-electron chi connectivity index (χ2n) is 15.0. The van der Waals surface area contributed by atoms with Crippen LogP contribution in [0.1, 0.15) is 69.1 Å². The van der Waals surface area contributed by atoms with Gasteiger partial charge in [-0.1, -0.05) is 74.9 Å². The zero-order valence-corrected chi connectivity index (χ0v) is 31.0. The van der Waals surface area contributed by atoms with Crippen molar-refractivity contribution in [2.24, 2.45) is 5.92 Å². The molecule has 2 amide bonds. The SMILES string of the molecule is CC(C)C[C@H](C(=O)N[C@@H](Cc1ccc(OCc2ccccc2)cc1)C(=O)N1CCC(N2CCCCC2)CC1)N(C)Cc1ccc(N(C)C)cc1. The van der Waals surface area contributed by atoms with Gasteiger partial charge in [0.1, 0.15) is 18.4 Å². The summed E-state index contributed by atoms with van der Waals surface area (Å²) in [6.45, 7) is 9.25. The van der Waals surface area contributed by atoms with Gasteiger partial charge in [-0.15, -0.1) is 0 Å². The molecule has 2 aliphatic rings. The van der Waals surface area contributed by atoms with Gasteiger partial charge in [0.05, 0.1) is 6.04 Å². The number of carbonyl (C=O) groups is 2. The van der Waals surface area contributed by atoms with E-state index in [2.05, 4.69) is 58.1 Å². The molecule has 2 fully saturated rings. The Morgan fingerprint density at radius 2 is 1.44 bits per heavy atom. The van der Waals surface area contributed by atoms with Crippen LogP contribution in [0.15, 0.2) is 78.9 Å². The third kappa shape index (κ3) is 10.8. The molecule has 1 N–H and O–H groups in total. The van der Waals surface area contributed by atoms with Crippen molar-refractivity contribution in [2.75, 3.05) is 52.2 Å². The molecule has 0 aromatic heterocycles. The number of hydrogen-bond donors (Lipinski definition) is 1. The first-order valence-electron chi connectivity index (χ1n) is 18.7. The van der Waals surface area contributed by atoms with Gasteiger partial charge in [0.25, 0.3) is 0 Å². The Morgan fingerprint density at radius 1 is 0.800 bits per heavy atom. The Hall–Kier alpha value is -3.88. The van der Waals surface area contributed by atoms with Gasteiger partial charge in [-0.25, -0.2) is 0 Å². The number of rotatable bonds is 15. The standard InChI is InChI=1S/C42H59N5O3/c1-32(2)28-40(45(5)30-34-14-18-36(19-15-34)44(3)4)41(48)43-39(42(49)47-26-22-37(23-27-47)46-24-10-7-11-25-46)29-33-16-20-38(21-17-33)50-31-35-12-8-6-9-13-35/h6,8-9,12-21,32,37,39-40H,7,10-11,22-31H2,1-5H3,(H,43,48)/t39-,40+/m0/s1. The molecule has 0 spiro atoms. The van der Waals surface area contributed by atoms with Crippen LogP contribution in [-0.2, 0) is 29.2 Å². The molecule has 0 unspecified atom stereocenters. The maximum absolute atomic E-state index is 14.3. The van der Waals surface area contributed by atoms with Gasteiger partial charge in [0.15, 0.2) is 0 Å². The average Bonchev–Trinajstić information content (AvgIpc) is 3.14. The normalized spacial score (nSPS) is 17.1. The molecule has 270 valence electrons. The van der Waals surface area contributed by atoms with E-state index in [0.29, 0.717) is 38.0 Å². The Labute approximate surface area is 300 Å². The van der Waals surface area contributed by atoms with E-state index < -0.39 is 6.04 Å². The highest BCUT2D eigenvalue weighted by molar-refractivity contribution is 5.90. The lowest BCUT2D eigenvalue weighted by Gasteiger charge is -2.41. The highest BCUT2D eigenvalue weighted by Gasteiger charge is 2.34. The van der Waals surface area contributed by atoms with Gasteiger partial charge < -0.3 is 24.8 Å². The molecule has 0 radical (unpaired) electrons. The van der Waals surface area contributed by atoms with Crippen molar-refractivity contribution >= 4 is 17.5 Å². The summed E-state index contributed by atoms with van der Waals surface area (Å²) in [5.74, 6) is 1.03. The van der Waals surface area contributed by atoms with Crippen LogP contribution in [0.5, 0.6) is 5.75 Å². The van der Waals surface area contributed by atoms with E-state index in [9.17, 15) is 9.59 Å². The zero-order valence-electron chi connectivity index (χ0n) is 31.0. The molecular formula is C42H59N5O3. The van der Waals surface area contributed by atoms with Crippen LogP contribution >= 0.6 is 0 Å². The highest BCUT2D eigenvalue weighted by Crippen LogP contribution is 2.23. The minimum absolute atomic E-state index is 0.0186. The van der Waals surface area contributed by atoms with Crippen LogP contribution in [0.4, 0.5) is 5.69 Å². The molecule has 2 saturated heterocycles. The molecule has 3 aromatic rings. The lowest BCUT2D eigenvalue weighted by atomic mass is 9.97. The van der Waals surface area contributed by atoms with Gasteiger partial charge in [-0.05, 0) is 99.1 Å². The molecule has 3 aromatic carbocycles. The van der Waals surface area contributed by atoms with E-state index in [1.54, 1.807) is 0 Å². The van der Waals surface area contributed by atoms with Gasteiger partial charge in [-0.2, -0.15) is 0 Å². The predicted molar refractivity (Wildman–Crippen MR) is 203 cm³/mol. The molecule has 0 saturated carbocycles. The van der Waals surface area contributed by atoms with Crippen LogP contribution in [0, 0.1) is 5.92 Å². The number of hydrogen-bond acceptors (Lipinski definition) is 6. The number of ether oxygens (including phenoxy) is 1. The average molecular weight is 682 g/mol. The molecule has 5 rings (SSSR count). The largest absolute Gasteiger partial charge is 0.489 e. The number of nitrogens with one attached hydrogen (secondary N) is 1. The fraction of sp³-hybridized carbons (Fsp3) is 0.524. The molecule has 2 aliphatic heterocycles. The number of carbonyl (C=O) groups excluding carboxylic acids is 2. The second kappa shape index (κ2) is 18.4. The van der Waals surface area contributed by atoms with Crippen LogP contribution in [-0.4, -0.2) is 92.0 Å². The van der Waals surface area contributed by atoms with Crippen LogP contribution in [0.2, 0.25) is 0 Å². The molecule has 0 aliphatic carbocycles. The fourth-order valence-electron chi connectivity index (χ4n) is 7.35. The summed E-state index contributed by atoms with van der Waals surface area (Å²) in [6, 6.07) is 26.1. The molecule has 2 heterocycles. The summed E-state index contributed by atoms with van der Waals surface area (Å²) >= 11 is 0. The summed E-state index contributed by atoms with van der Waals surface area (Å²) in [4.78, 5) is 37.4. The fourth-order valence-corrected chi connectivity index (χ4v) is 7.35. The number of likely N-dealkylation sites (N-methyl/N-ethyl adjacent to an activating group) is 1. The van der Waals surface area contributed by atoms with E-state index in [0.717, 1.165) is 54.1 Å². The lowest BCUT2D eigenvalue weighted by molar-refractivity contribution is -0.139. The first-order valence-corrected chi connectivity index (χ1v) is 18.7. The maximum Gasteiger partial charge on any atom is 0.245 e. The van der Waals surface area contributed by atoms with Crippen molar-refractivity contribution in [3.63, 3.8) is 0 Å². The van der Waals surface area contributed by atoms with Gasteiger partial charge in [-0.3, -0.25) is 14.5 Å². The number of benzene rings is 3. The molecule has 8 heteroatoms. The van der Waals surface area contributed by atoms with E-state index >= 15 is 0 Å². The summed E-state index contributed by atoms with van der Waals surface area (Å²) in [7, 11) is 6.09. The summed E-state index contributed by atoms with van der Waals surface area (Å²) < 4.78 is 6.02. The number of likely N-dealkylation sites (tertiary alicyclic amines) is 2. The lowest BCUT2D eigenvalue weighted by Crippen LogP contribution is -2.56. The van der Waals surface area contributed by atoms with E-state index in [1.165, 1.54) is 32.4 Å². The van der Waals surface area contributed by atoms with Crippen molar-refractivity contribution in [1.29, 1.82) is 0 Å². The third-order valence-electron chi connectivity index (χ3n) is 10.3. The minimum Gasteiger partial charge on any atom is -0.489 e. The van der Waals surface area contributed by atoms with E-state index in [4.69, 9.17) is 4.74 Å². The molecular weight excluding hydrogens is 622 g/mol. The van der Waals surface area contributed by atoms with Crippen LogP contribution in [0.3, 0.4) is 0 Å². The van der Waals surface area contributed by atoms with E-state index in [-0.39, 0.29) is 17.9 Å². The van der Waals surface area contributed by atoms with Crippen LogP contribution < -0.4 is 15.0 Å². The maximum atomic E-state index is 14.3. The van der Waals surface area contributed by atoms with Crippen molar-refractivity contribution in [3.05, 3.63) is 95.6 Å². The topological polar surface area (TPSA) is 68.4 Å². The first-order chi connectivity index (χ1) is 24.2. The summed E-state index contributed by atoms with van der Waals surface area (Å²) in [6.07, 6.45) is 6.99. The highest BCUT2D eigenvalue weighted by atomic mass is 16.5. The van der Waals surface area contributed by atoms with Crippen molar-refractivity contribution in [2.45, 2.75) is 90.1 Å². The van der Waals surface area contributed by atoms with Crippen molar-refractivity contribution in [1.82, 2.24) is 20.0 Å². The van der Waals surface area contributed by atoms with E-state index in [1.807, 2.05) is 80.6 Å². The zero-order chi connectivity index (χ0) is 35.5. The van der Waals surface area contributed by atoms with Crippen LogP contribution in [0.25, 0.3) is 0 Å². The molecule has 0 bridgehead atoms. The quantitative estimate of drug-likeness (QED) is 0.201. The molecule has 50 heavy (non-hydrogen) atoms. The van der Waals surface area contributed by atoms with Gasteiger partial charge in [0, 0.05) is 51.9 Å². The summed E-state index contributed by atoms with van der Waals surface area (Å²) in [5, 5.41) is 3.27. The Balaban J connectivity index is 1.28. The predicted octanol–water partition coefficient (Wildman–Crippen LogP) is 6.38. The number of anilines is 1. The second-order valence-corrected chi connectivity index (χ2v) is 15.0. The van der Waals surface area contributed by atoms with Crippen molar-refractivity contribution < 1.29 is 14.3 Å². The molecule has 2 atom stereocenters. The third-order valence-corrected chi connectivity index (χ3v) is 10.3. The number of nitrogens with zero attached hydrogens (tertiary/aromatic N) is 4. The Kier molecular flexibility index (Phi) is 13.7. The van der Waals surface area contributed by atoms with Gasteiger partial charge >= 0.3 is 0 Å². The summed E-state index contributed by atoms with van der Waals surface area (Å²) in [5.41, 5.74) is 4.40. The number of amides is 2. The van der Waals surface area contributed by atoms with Crippen molar-refractivity contribution in [3.8, 4) is 5.75 Å². The Morgan fingerprint density at radius 3 is 2.06 bits per heavy atom. The smallest absolute Gasteiger partial charge is 0.245 e. The first kappa shape index (κ1) is 37.4. The minimum atomic E-state index is -0.646. The Bertz CT molecular complexity index is 1460.